The molecule has 1 saturated heterocycles. The highest BCUT2D eigenvalue weighted by atomic mass is 35.5. The SMILES string of the molecule is CCC[C@@H](NC(=O)N1C(=O)[C@H](Cc2cc(C)nc(N)c2)[C@H]1C(=O)N(C)c1ccncc1)c1cccc(Cl)c1. The van der Waals surface area contributed by atoms with Crippen LogP contribution in [0.3, 0.4) is 0 Å². The Labute approximate surface area is 227 Å². The summed E-state index contributed by atoms with van der Waals surface area (Å²) < 4.78 is 0. The van der Waals surface area contributed by atoms with Crippen LogP contribution in [0.15, 0.2) is 60.9 Å². The fourth-order valence-electron chi connectivity index (χ4n) is 4.84. The van der Waals surface area contributed by atoms with Gasteiger partial charge >= 0.3 is 6.03 Å². The predicted molar refractivity (Wildman–Crippen MR) is 146 cm³/mol. The number of halogens is 1. The van der Waals surface area contributed by atoms with E-state index in [-0.39, 0.29) is 18.4 Å². The number of nitrogens with zero attached hydrogens (tertiary/aromatic N) is 4. The summed E-state index contributed by atoms with van der Waals surface area (Å²) in [6.07, 6.45) is 4.85. The van der Waals surface area contributed by atoms with Crippen molar-refractivity contribution in [2.45, 2.75) is 45.2 Å². The number of benzene rings is 1. The molecule has 1 aliphatic heterocycles. The minimum Gasteiger partial charge on any atom is -0.384 e. The summed E-state index contributed by atoms with van der Waals surface area (Å²) in [5.41, 5.74) is 8.84. The van der Waals surface area contributed by atoms with Crippen LogP contribution >= 0.6 is 11.6 Å². The van der Waals surface area contributed by atoms with Crippen molar-refractivity contribution in [1.29, 1.82) is 0 Å². The normalized spacial score (nSPS) is 17.5. The van der Waals surface area contributed by atoms with Crippen molar-refractivity contribution in [2.24, 2.45) is 5.92 Å². The Morgan fingerprint density at radius 2 is 1.92 bits per heavy atom. The molecule has 38 heavy (non-hydrogen) atoms. The quantitative estimate of drug-likeness (QED) is 0.415. The first-order valence-electron chi connectivity index (χ1n) is 12.5. The second-order valence-corrected chi connectivity index (χ2v) is 9.89. The van der Waals surface area contributed by atoms with Crippen molar-refractivity contribution in [3.8, 4) is 0 Å². The highest BCUT2D eigenvalue weighted by Crippen LogP contribution is 2.34. The number of rotatable bonds is 8. The zero-order valence-corrected chi connectivity index (χ0v) is 22.4. The van der Waals surface area contributed by atoms with Gasteiger partial charge in [0.2, 0.25) is 5.91 Å². The van der Waals surface area contributed by atoms with E-state index in [4.69, 9.17) is 17.3 Å². The number of likely N-dealkylation sites (tertiary alicyclic amines) is 1. The number of carbonyl (C=O) groups is 3. The molecule has 3 atom stereocenters. The van der Waals surface area contributed by atoms with Crippen molar-refractivity contribution in [1.82, 2.24) is 20.2 Å². The second-order valence-electron chi connectivity index (χ2n) is 9.45. The monoisotopic (exact) mass is 534 g/mol. The fraction of sp³-hybridized carbons (Fsp3) is 0.321. The number of aromatic nitrogens is 2. The number of hydrogen-bond donors (Lipinski definition) is 2. The second kappa shape index (κ2) is 11.6. The summed E-state index contributed by atoms with van der Waals surface area (Å²) in [6, 6.07) is 12.2. The third-order valence-corrected chi connectivity index (χ3v) is 6.92. The van der Waals surface area contributed by atoms with Crippen LogP contribution in [0.25, 0.3) is 0 Å². The van der Waals surface area contributed by atoms with Gasteiger partial charge in [-0.3, -0.25) is 19.5 Å². The lowest BCUT2D eigenvalue weighted by atomic mass is 9.81. The average Bonchev–Trinajstić information content (AvgIpc) is 2.89. The molecular formula is C28H31ClN6O3. The van der Waals surface area contributed by atoms with Crippen LogP contribution in [0.5, 0.6) is 0 Å². The summed E-state index contributed by atoms with van der Waals surface area (Å²) in [5, 5.41) is 3.51. The van der Waals surface area contributed by atoms with Crippen LogP contribution in [-0.2, 0) is 16.0 Å². The summed E-state index contributed by atoms with van der Waals surface area (Å²) in [4.78, 5) is 51.3. The molecule has 1 aliphatic rings. The van der Waals surface area contributed by atoms with Crippen molar-refractivity contribution < 1.29 is 14.4 Å². The molecule has 2 aromatic heterocycles. The van der Waals surface area contributed by atoms with E-state index < -0.39 is 23.9 Å². The van der Waals surface area contributed by atoms with E-state index in [1.165, 1.54) is 4.90 Å². The molecule has 0 radical (unpaired) electrons. The number of nitrogens with two attached hydrogens (primary N) is 1. The summed E-state index contributed by atoms with van der Waals surface area (Å²) in [7, 11) is 1.62. The number of β-lactam (4-membered cyclic amide) rings is 1. The largest absolute Gasteiger partial charge is 0.384 e. The van der Waals surface area contributed by atoms with Crippen molar-refractivity contribution in [3.63, 3.8) is 0 Å². The van der Waals surface area contributed by atoms with E-state index in [0.29, 0.717) is 28.6 Å². The van der Waals surface area contributed by atoms with Crippen LogP contribution in [0.2, 0.25) is 5.02 Å². The smallest absolute Gasteiger partial charge is 0.325 e. The highest BCUT2D eigenvalue weighted by Gasteiger charge is 2.55. The molecule has 10 heteroatoms. The molecule has 0 bridgehead atoms. The number of likely N-dealkylation sites (N-methyl/N-ethyl adjacent to an activating group) is 1. The van der Waals surface area contributed by atoms with E-state index >= 15 is 0 Å². The molecule has 0 saturated carbocycles. The molecule has 3 N–H and O–H groups in total. The lowest BCUT2D eigenvalue weighted by Crippen LogP contribution is -2.70. The number of amides is 4. The first kappa shape index (κ1) is 27.1. The van der Waals surface area contributed by atoms with Crippen molar-refractivity contribution in [3.05, 3.63) is 82.8 Å². The Bertz CT molecular complexity index is 1310. The van der Waals surface area contributed by atoms with E-state index in [9.17, 15) is 14.4 Å². The molecule has 4 rings (SSSR count). The Hall–Kier alpha value is -3.98. The van der Waals surface area contributed by atoms with E-state index in [1.807, 2.05) is 32.0 Å². The molecule has 4 amide bonds. The van der Waals surface area contributed by atoms with Gasteiger partial charge in [-0.05, 0) is 67.3 Å². The van der Waals surface area contributed by atoms with Gasteiger partial charge in [-0.15, -0.1) is 0 Å². The number of anilines is 2. The lowest BCUT2D eigenvalue weighted by Gasteiger charge is -2.46. The van der Waals surface area contributed by atoms with E-state index in [2.05, 4.69) is 15.3 Å². The summed E-state index contributed by atoms with van der Waals surface area (Å²) in [5.74, 6) is -1.18. The van der Waals surface area contributed by atoms with Crippen LogP contribution in [-0.4, -0.2) is 45.8 Å². The minimum absolute atomic E-state index is 0.253. The predicted octanol–water partition coefficient (Wildman–Crippen LogP) is 4.30. The van der Waals surface area contributed by atoms with Crippen molar-refractivity contribution >= 4 is 41.0 Å². The summed E-state index contributed by atoms with van der Waals surface area (Å²) in [6.45, 7) is 3.82. The number of carbonyl (C=O) groups excluding carboxylic acids is 3. The maximum atomic E-state index is 13.7. The molecule has 3 heterocycles. The maximum absolute atomic E-state index is 13.7. The zero-order valence-electron chi connectivity index (χ0n) is 21.6. The van der Waals surface area contributed by atoms with Crippen molar-refractivity contribution in [2.75, 3.05) is 17.7 Å². The number of pyridine rings is 2. The van der Waals surface area contributed by atoms with Crippen LogP contribution in [0.4, 0.5) is 16.3 Å². The third-order valence-electron chi connectivity index (χ3n) is 6.68. The van der Waals surface area contributed by atoms with Crippen LogP contribution in [0.1, 0.15) is 42.6 Å². The Kier molecular flexibility index (Phi) is 8.26. The fourth-order valence-corrected chi connectivity index (χ4v) is 5.04. The van der Waals surface area contributed by atoms with Gasteiger partial charge in [0, 0.05) is 35.8 Å². The maximum Gasteiger partial charge on any atom is 0.325 e. The molecule has 0 unspecified atom stereocenters. The zero-order chi connectivity index (χ0) is 27.4. The topological polar surface area (TPSA) is 122 Å². The molecule has 9 nitrogen and oxygen atoms in total. The molecule has 1 fully saturated rings. The minimum atomic E-state index is -0.989. The standard InChI is InChI=1S/C28H31ClN6O3/c1-4-6-23(19-7-5-8-20(29)16-19)33-28(38)35-25(27(37)34(3)21-9-11-31-12-10-21)22(26(35)36)14-18-13-17(2)32-24(30)15-18/h5,7-13,15-16,22-23,25H,4,6,14H2,1-3H3,(H2,30,32)(H,33,38)/t22-,23-,25+/m1/s1. The van der Waals surface area contributed by atoms with Crippen LogP contribution < -0.4 is 16.0 Å². The number of aryl methyl sites for hydroxylation is 1. The van der Waals surface area contributed by atoms with Gasteiger partial charge in [0.15, 0.2) is 0 Å². The summed E-state index contributed by atoms with van der Waals surface area (Å²) >= 11 is 6.18. The molecule has 1 aromatic carbocycles. The molecular weight excluding hydrogens is 504 g/mol. The van der Waals surface area contributed by atoms with Gasteiger partial charge < -0.3 is 16.0 Å². The molecule has 3 aromatic rings. The first-order chi connectivity index (χ1) is 18.2. The van der Waals surface area contributed by atoms with Gasteiger partial charge in [0.1, 0.15) is 11.9 Å². The number of imide groups is 1. The third kappa shape index (κ3) is 5.78. The Balaban J connectivity index is 1.62. The molecule has 198 valence electrons. The average molecular weight is 535 g/mol. The molecule has 0 spiro atoms. The highest BCUT2D eigenvalue weighted by molar-refractivity contribution is 6.30. The van der Waals surface area contributed by atoms with Crippen LogP contribution in [0, 0.1) is 12.8 Å². The van der Waals surface area contributed by atoms with Gasteiger partial charge in [0.05, 0.1) is 12.0 Å². The number of hydrogen-bond acceptors (Lipinski definition) is 6. The first-order valence-corrected chi connectivity index (χ1v) is 12.9. The van der Waals surface area contributed by atoms with E-state index in [1.54, 1.807) is 49.8 Å². The van der Waals surface area contributed by atoms with E-state index in [0.717, 1.165) is 22.4 Å². The Morgan fingerprint density at radius 1 is 1.18 bits per heavy atom. The van der Waals surface area contributed by atoms with Gasteiger partial charge in [-0.2, -0.15) is 0 Å². The Morgan fingerprint density at radius 3 is 2.58 bits per heavy atom. The lowest BCUT2D eigenvalue weighted by molar-refractivity contribution is -0.156. The number of nitrogen functional groups attached to an aromatic ring is 1. The number of urea groups is 1. The molecule has 0 aliphatic carbocycles. The van der Waals surface area contributed by atoms with Gasteiger partial charge in [-0.25, -0.2) is 9.78 Å². The van der Waals surface area contributed by atoms with Gasteiger partial charge in [0.25, 0.3) is 5.91 Å². The van der Waals surface area contributed by atoms with Gasteiger partial charge in [-0.1, -0.05) is 37.1 Å². The number of nitrogens with one attached hydrogen (secondary N) is 1.